The largest absolute Gasteiger partial charge is 0.419 e. The molecular weight excluding hydrogens is 322 g/mol. The zero-order chi connectivity index (χ0) is 16.4. The maximum atomic E-state index is 12.3. The summed E-state index contributed by atoms with van der Waals surface area (Å²) in [5.74, 6) is -0.515. The number of rotatable bonds is 5. The number of ether oxygens (including phenoxy) is 1. The quantitative estimate of drug-likeness (QED) is 0.677. The summed E-state index contributed by atoms with van der Waals surface area (Å²) >= 11 is 0. The Kier molecular flexibility index (Phi) is 4.53. The molecule has 1 aromatic heterocycles. The van der Waals surface area contributed by atoms with E-state index in [1.807, 2.05) is 0 Å². The van der Waals surface area contributed by atoms with Crippen LogP contribution in [0.4, 0.5) is 0 Å². The minimum absolute atomic E-state index is 0.0938. The first-order valence-electron chi connectivity index (χ1n) is 7.48. The molecule has 0 atom stereocenters. The van der Waals surface area contributed by atoms with E-state index in [1.165, 1.54) is 21.6 Å². The molecule has 1 saturated heterocycles. The molecular formula is C14H20N3O5S+. The van der Waals surface area contributed by atoms with Crippen molar-refractivity contribution in [3.05, 3.63) is 28.7 Å². The van der Waals surface area contributed by atoms with Crippen LogP contribution >= 0.6 is 0 Å². The molecule has 23 heavy (non-hydrogen) atoms. The fraction of sp³-hybridized carbons (Fsp3) is 0.500. The molecule has 1 aliphatic heterocycles. The molecule has 9 heteroatoms. The van der Waals surface area contributed by atoms with E-state index in [1.54, 1.807) is 13.1 Å². The third-order valence-corrected chi connectivity index (χ3v) is 5.50. The zero-order valence-electron chi connectivity index (χ0n) is 12.9. The number of aromatic nitrogens is 1. The third-order valence-electron chi connectivity index (χ3n) is 4.04. The molecule has 126 valence electrons. The number of sulfonamides is 1. The van der Waals surface area contributed by atoms with Gasteiger partial charge >= 0.3 is 5.76 Å². The molecule has 2 heterocycles. The number of hydrogen-bond acceptors (Lipinski definition) is 5. The molecule has 0 bridgehead atoms. The first kappa shape index (κ1) is 16.2. The van der Waals surface area contributed by atoms with Crippen LogP contribution in [0.25, 0.3) is 11.1 Å². The van der Waals surface area contributed by atoms with Crippen molar-refractivity contribution < 1.29 is 22.5 Å². The second-order valence-corrected chi connectivity index (χ2v) is 7.33. The summed E-state index contributed by atoms with van der Waals surface area (Å²) in [7, 11) is -2.05. The summed E-state index contributed by atoms with van der Waals surface area (Å²) in [5.41, 5.74) is 0.825. The van der Waals surface area contributed by atoms with E-state index in [0.717, 1.165) is 13.1 Å². The first-order chi connectivity index (χ1) is 11.0. The van der Waals surface area contributed by atoms with Gasteiger partial charge in [-0.25, -0.2) is 17.9 Å². The molecule has 0 aliphatic carbocycles. The van der Waals surface area contributed by atoms with Crippen molar-refractivity contribution >= 4 is 21.1 Å². The van der Waals surface area contributed by atoms with Crippen LogP contribution in [0.5, 0.6) is 0 Å². The Labute approximate surface area is 133 Å². The number of hydrogen-bond donors (Lipinski definition) is 2. The summed E-state index contributed by atoms with van der Waals surface area (Å²) in [6, 6.07) is 4.42. The molecule has 3 rings (SSSR count). The highest BCUT2D eigenvalue weighted by molar-refractivity contribution is 7.89. The highest BCUT2D eigenvalue weighted by atomic mass is 32.2. The minimum Gasteiger partial charge on any atom is -0.408 e. The fourth-order valence-corrected chi connectivity index (χ4v) is 3.68. The number of oxazole rings is 1. The molecule has 0 spiro atoms. The summed E-state index contributed by atoms with van der Waals surface area (Å²) < 4.78 is 38.9. The third kappa shape index (κ3) is 3.47. The van der Waals surface area contributed by atoms with Gasteiger partial charge in [-0.15, -0.1) is 0 Å². The fourth-order valence-electron chi connectivity index (χ4n) is 2.64. The smallest absolute Gasteiger partial charge is 0.408 e. The molecule has 0 unspecified atom stereocenters. The minimum atomic E-state index is -3.62. The molecule has 0 amide bonds. The number of nitrogens with one attached hydrogen (secondary N) is 2. The van der Waals surface area contributed by atoms with E-state index in [9.17, 15) is 13.2 Å². The lowest BCUT2D eigenvalue weighted by Gasteiger charge is -2.23. The molecule has 1 fully saturated rings. The van der Waals surface area contributed by atoms with Crippen LogP contribution < -0.4 is 15.4 Å². The summed E-state index contributed by atoms with van der Waals surface area (Å²) in [6.45, 7) is 4.28. The van der Waals surface area contributed by atoms with Crippen LogP contribution in [-0.4, -0.2) is 52.4 Å². The van der Waals surface area contributed by atoms with Gasteiger partial charge in [-0.1, -0.05) is 0 Å². The molecule has 2 N–H and O–H groups in total. The lowest BCUT2D eigenvalue weighted by molar-refractivity contribution is -0.906. The number of quaternary nitrogens is 1. The average Bonchev–Trinajstić information content (AvgIpc) is 2.82. The van der Waals surface area contributed by atoms with Crippen LogP contribution in [0, 0.1) is 0 Å². The second-order valence-electron chi connectivity index (χ2n) is 5.57. The van der Waals surface area contributed by atoms with E-state index in [-0.39, 0.29) is 10.5 Å². The molecule has 0 radical (unpaired) electrons. The lowest BCUT2D eigenvalue weighted by Crippen LogP contribution is -3.14. The van der Waals surface area contributed by atoms with Crippen LogP contribution in [0.1, 0.15) is 0 Å². The number of morpholine rings is 1. The zero-order valence-corrected chi connectivity index (χ0v) is 13.7. The van der Waals surface area contributed by atoms with Crippen molar-refractivity contribution in [2.45, 2.75) is 4.90 Å². The van der Waals surface area contributed by atoms with Gasteiger partial charge in [-0.3, -0.25) is 4.57 Å². The van der Waals surface area contributed by atoms with Gasteiger partial charge in [0.2, 0.25) is 10.0 Å². The van der Waals surface area contributed by atoms with Gasteiger partial charge in [0, 0.05) is 13.1 Å². The first-order valence-corrected chi connectivity index (χ1v) is 8.96. The SMILES string of the molecule is Cn1c(=O)oc2cc(S(=O)(=O)NCC[NH+]3CCOCC3)ccc21. The van der Waals surface area contributed by atoms with Crippen molar-refractivity contribution in [3.63, 3.8) is 0 Å². The molecule has 2 aromatic rings. The summed E-state index contributed by atoms with van der Waals surface area (Å²) in [6.07, 6.45) is 0. The monoisotopic (exact) mass is 342 g/mol. The maximum absolute atomic E-state index is 12.3. The van der Waals surface area contributed by atoms with E-state index < -0.39 is 15.8 Å². The number of benzene rings is 1. The highest BCUT2D eigenvalue weighted by Crippen LogP contribution is 2.17. The lowest BCUT2D eigenvalue weighted by atomic mass is 10.3. The van der Waals surface area contributed by atoms with E-state index in [4.69, 9.17) is 9.15 Å². The second kappa shape index (κ2) is 6.44. The van der Waals surface area contributed by atoms with Crippen molar-refractivity contribution in [3.8, 4) is 0 Å². The van der Waals surface area contributed by atoms with Gasteiger partial charge in [-0.2, -0.15) is 0 Å². The molecule has 8 nitrogen and oxygen atoms in total. The number of aryl methyl sites for hydroxylation is 1. The van der Waals surface area contributed by atoms with E-state index >= 15 is 0 Å². The number of fused-ring (bicyclic) bond motifs is 1. The van der Waals surface area contributed by atoms with Gasteiger partial charge in [0.1, 0.15) is 13.1 Å². The summed E-state index contributed by atoms with van der Waals surface area (Å²) in [5, 5.41) is 0. The van der Waals surface area contributed by atoms with Crippen molar-refractivity contribution in [1.29, 1.82) is 0 Å². The Hall–Kier alpha value is -1.68. The Morgan fingerprint density at radius 2 is 2.04 bits per heavy atom. The van der Waals surface area contributed by atoms with Gasteiger partial charge in [0.15, 0.2) is 5.58 Å². The molecule has 0 saturated carbocycles. The van der Waals surface area contributed by atoms with Crippen LogP contribution in [0.2, 0.25) is 0 Å². The molecule has 1 aliphatic rings. The Morgan fingerprint density at radius 3 is 2.78 bits per heavy atom. The Bertz CT molecular complexity index is 849. The van der Waals surface area contributed by atoms with Crippen LogP contribution in [-0.2, 0) is 21.8 Å². The predicted octanol–water partition coefficient (Wildman–Crippen LogP) is -1.68. The number of nitrogens with zero attached hydrogens (tertiary/aromatic N) is 1. The maximum Gasteiger partial charge on any atom is 0.419 e. The highest BCUT2D eigenvalue weighted by Gasteiger charge is 2.18. The van der Waals surface area contributed by atoms with E-state index in [0.29, 0.717) is 31.8 Å². The standard InChI is InChI=1S/C14H19N3O5S/c1-16-12-3-2-11(10-13(12)22-14(16)18)23(19,20)15-4-5-17-6-8-21-9-7-17/h2-3,10,15H,4-9H2,1H3/p+1. The van der Waals surface area contributed by atoms with Gasteiger partial charge in [-0.05, 0) is 12.1 Å². The van der Waals surface area contributed by atoms with Gasteiger partial charge < -0.3 is 14.1 Å². The van der Waals surface area contributed by atoms with Gasteiger partial charge in [0.05, 0.1) is 36.7 Å². The Balaban J connectivity index is 1.70. The van der Waals surface area contributed by atoms with Crippen LogP contribution in [0.3, 0.4) is 0 Å². The van der Waals surface area contributed by atoms with Gasteiger partial charge in [0.25, 0.3) is 0 Å². The van der Waals surface area contributed by atoms with Crippen molar-refractivity contribution in [2.75, 3.05) is 39.4 Å². The summed E-state index contributed by atoms with van der Waals surface area (Å²) in [4.78, 5) is 12.9. The van der Waals surface area contributed by atoms with Crippen LogP contribution in [0.15, 0.2) is 32.3 Å². The average molecular weight is 342 g/mol. The van der Waals surface area contributed by atoms with Crippen molar-refractivity contribution in [2.24, 2.45) is 7.05 Å². The Morgan fingerprint density at radius 1 is 1.30 bits per heavy atom. The normalized spacial score (nSPS) is 16.9. The molecule has 1 aromatic carbocycles. The van der Waals surface area contributed by atoms with Crippen molar-refractivity contribution in [1.82, 2.24) is 9.29 Å². The predicted molar refractivity (Wildman–Crippen MR) is 83.0 cm³/mol. The topological polar surface area (TPSA) is 95.0 Å². The van der Waals surface area contributed by atoms with E-state index in [2.05, 4.69) is 4.72 Å².